The van der Waals surface area contributed by atoms with Gasteiger partial charge in [-0.05, 0) is 36.7 Å². The summed E-state index contributed by atoms with van der Waals surface area (Å²) in [6.45, 7) is 1.68. The van der Waals surface area contributed by atoms with E-state index in [4.69, 9.17) is 11.6 Å². The first kappa shape index (κ1) is 14.8. The van der Waals surface area contributed by atoms with Crippen LogP contribution in [0.2, 0.25) is 5.02 Å². The maximum atomic E-state index is 13.4. The average molecular weight is 318 g/mol. The molecular weight excluding hydrogens is 305 g/mol. The minimum atomic E-state index is -0.620. The van der Waals surface area contributed by atoms with Gasteiger partial charge in [-0.25, -0.2) is 14.4 Å². The fourth-order valence-corrected chi connectivity index (χ4v) is 2.36. The highest BCUT2D eigenvalue weighted by atomic mass is 35.5. The van der Waals surface area contributed by atoms with Gasteiger partial charge < -0.3 is 5.32 Å². The van der Waals surface area contributed by atoms with Gasteiger partial charge >= 0.3 is 0 Å². The van der Waals surface area contributed by atoms with E-state index >= 15 is 0 Å². The smallest absolute Gasteiger partial charge is 0.196 e. The molecule has 2 aromatic rings. The number of nitrogens with zero attached hydrogens (tertiary/aromatic N) is 2. The quantitative estimate of drug-likeness (QED) is 0.884. The van der Waals surface area contributed by atoms with Gasteiger partial charge in [-0.1, -0.05) is 17.7 Å². The summed E-state index contributed by atoms with van der Waals surface area (Å²) in [6, 6.07) is 3.96. The normalized spacial score (nSPS) is 14.5. The van der Waals surface area contributed by atoms with Crippen LogP contribution in [0.3, 0.4) is 0 Å². The molecule has 22 heavy (non-hydrogen) atoms. The second-order valence-electron chi connectivity index (χ2n) is 4.94. The molecule has 6 heteroatoms. The number of rotatable bonds is 3. The molecule has 0 radical (unpaired) electrons. The molecule has 3 rings (SSSR count). The van der Waals surface area contributed by atoms with E-state index in [1.54, 1.807) is 0 Å². The Morgan fingerprint density at radius 3 is 2.64 bits per heavy atom. The monoisotopic (exact) mass is 317 g/mol. The van der Waals surface area contributed by atoms with Crippen molar-refractivity contribution in [2.24, 2.45) is 0 Å². The number of ketones is 1. The van der Waals surface area contributed by atoms with E-state index in [1.807, 2.05) is 6.08 Å². The molecule has 1 aliphatic rings. The highest BCUT2D eigenvalue weighted by Crippen LogP contribution is 2.19. The van der Waals surface area contributed by atoms with Crippen LogP contribution in [-0.2, 0) is 0 Å². The van der Waals surface area contributed by atoms with Crippen LogP contribution in [0.4, 0.5) is 4.39 Å². The largest absolute Gasteiger partial charge is 0.313 e. The van der Waals surface area contributed by atoms with E-state index in [9.17, 15) is 9.18 Å². The van der Waals surface area contributed by atoms with Crippen LogP contribution in [0.5, 0.6) is 0 Å². The van der Waals surface area contributed by atoms with E-state index in [0.717, 1.165) is 31.1 Å². The minimum absolute atomic E-state index is 0.0130. The summed E-state index contributed by atoms with van der Waals surface area (Å²) in [5, 5.41) is 3.20. The fourth-order valence-electron chi connectivity index (χ4n) is 2.24. The predicted molar refractivity (Wildman–Crippen MR) is 82.3 cm³/mol. The Labute approximate surface area is 132 Å². The molecule has 0 bridgehead atoms. The summed E-state index contributed by atoms with van der Waals surface area (Å²) in [7, 11) is 0. The van der Waals surface area contributed by atoms with Crippen molar-refractivity contribution < 1.29 is 9.18 Å². The van der Waals surface area contributed by atoms with Gasteiger partial charge in [0, 0.05) is 24.5 Å². The van der Waals surface area contributed by atoms with Gasteiger partial charge in [-0.3, -0.25) is 4.79 Å². The third-order valence-corrected chi connectivity index (χ3v) is 3.75. The lowest BCUT2D eigenvalue weighted by Crippen LogP contribution is -2.20. The molecule has 2 heterocycles. The third-order valence-electron chi connectivity index (χ3n) is 3.45. The topological polar surface area (TPSA) is 54.9 Å². The molecule has 0 saturated carbocycles. The molecule has 4 nitrogen and oxygen atoms in total. The molecule has 0 unspecified atom stereocenters. The van der Waals surface area contributed by atoms with E-state index in [0.29, 0.717) is 11.4 Å². The lowest BCUT2D eigenvalue weighted by atomic mass is 10.1. The molecule has 112 valence electrons. The SMILES string of the molecule is O=C(c1cnc(C2=CCNCC2)nc1)c1ccc(Cl)c(F)c1. The summed E-state index contributed by atoms with van der Waals surface area (Å²) in [6.07, 6.45) is 5.84. The van der Waals surface area contributed by atoms with Gasteiger partial charge in [0.1, 0.15) is 5.82 Å². The highest BCUT2D eigenvalue weighted by Gasteiger charge is 2.14. The van der Waals surface area contributed by atoms with Crippen molar-refractivity contribution in [3.63, 3.8) is 0 Å². The number of hydrogen-bond donors (Lipinski definition) is 1. The minimum Gasteiger partial charge on any atom is -0.313 e. The molecule has 0 aliphatic carbocycles. The second-order valence-corrected chi connectivity index (χ2v) is 5.34. The molecule has 1 aromatic carbocycles. The fraction of sp³-hybridized carbons (Fsp3) is 0.188. The number of halogens is 2. The van der Waals surface area contributed by atoms with Crippen molar-refractivity contribution in [2.75, 3.05) is 13.1 Å². The Kier molecular flexibility index (Phi) is 4.27. The molecule has 0 saturated heterocycles. The van der Waals surface area contributed by atoms with Crippen molar-refractivity contribution in [1.29, 1.82) is 0 Å². The zero-order valence-electron chi connectivity index (χ0n) is 11.6. The van der Waals surface area contributed by atoms with Crippen LogP contribution in [0.1, 0.15) is 28.2 Å². The molecule has 1 aromatic heterocycles. The van der Waals surface area contributed by atoms with E-state index in [1.165, 1.54) is 24.5 Å². The Morgan fingerprint density at radius 2 is 2.00 bits per heavy atom. The summed E-state index contributed by atoms with van der Waals surface area (Å²) < 4.78 is 13.4. The van der Waals surface area contributed by atoms with Gasteiger partial charge in [-0.2, -0.15) is 0 Å². The number of aromatic nitrogens is 2. The van der Waals surface area contributed by atoms with Crippen molar-refractivity contribution >= 4 is 23.0 Å². The van der Waals surface area contributed by atoms with Crippen molar-refractivity contribution in [2.45, 2.75) is 6.42 Å². The van der Waals surface area contributed by atoms with Crippen LogP contribution in [0.25, 0.3) is 5.57 Å². The van der Waals surface area contributed by atoms with Crippen LogP contribution in [-0.4, -0.2) is 28.8 Å². The summed E-state index contributed by atoms with van der Waals surface area (Å²) in [5.41, 5.74) is 1.61. The lowest BCUT2D eigenvalue weighted by Gasteiger charge is -2.12. The maximum absolute atomic E-state index is 13.4. The molecule has 1 N–H and O–H groups in total. The lowest BCUT2D eigenvalue weighted by molar-refractivity contribution is 0.103. The van der Waals surface area contributed by atoms with Gasteiger partial charge in [0.05, 0.1) is 10.6 Å². The highest BCUT2D eigenvalue weighted by molar-refractivity contribution is 6.30. The number of nitrogens with one attached hydrogen (secondary N) is 1. The summed E-state index contributed by atoms with van der Waals surface area (Å²) in [5.74, 6) is -0.327. The first-order chi connectivity index (χ1) is 10.6. The second kappa shape index (κ2) is 6.34. The number of hydrogen-bond acceptors (Lipinski definition) is 4. The van der Waals surface area contributed by atoms with Crippen LogP contribution in [0, 0.1) is 5.82 Å². The van der Waals surface area contributed by atoms with Crippen LogP contribution in [0.15, 0.2) is 36.7 Å². The summed E-state index contributed by atoms with van der Waals surface area (Å²) in [4.78, 5) is 20.8. The summed E-state index contributed by atoms with van der Waals surface area (Å²) >= 11 is 5.62. The molecule has 1 aliphatic heterocycles. The van der Waals surface area contributed by atoms with Crippen molar-refractivity contribution in [1.82, 2.24) is 15.3 Å². The zero-order valence-corrected chi connectivity index (χ0v) is 12.4. The van der Waals surface area contributed by atoms with E-state index in [-0.39, 0.29) is 16.4 Å². The number of carbonyl (C=O) groups is 1. The van der Waals surface area contributed by atoms with Crippen molar-refractivity contribution in [3.05, 3.63) is 64.5 Å². The molecular formula is C16H13ClFN3O. The van der Waals surface area contributed by atoms with Gasteiger partial charge in [-0.15, -0.1) is 0 Å². The first-order valence-corrected chi connectivity index (χ1v) is 7.25. The molecule has 0 spiro atoms. The molecule has 0 fully saturated rings. The Hall–Kier alpha value is -2.11. The Morgan fingerprint density at radius 1 is 1.23 bits per heavy atom. The van der Waals surface area contributed by atoms with Crippen molar-refractivity contribution in [3.8, 4) is 0 Å². The molecule has 0 amide bonds. The van der Waals surface area contributed by atoms with E-state index in [2.05, 4.69) is 15.3 Å². The van der Waals surface area contributed by atoms with E-state index < -0.39 is 5.82 Å². The number of benzene rings is 1. The third kappa shape index (κ3) is 3.05. The Balaban J connectivity index is 1.84. The zero-order chi connectivity index (χ0) is 15.5. The van der Waals surface area contributed by atoms with Gasteiger partial charge in [0.25, 0.3) is 0 Å². The average Bonchev–Trinajstić information content (AvgIpc) is 2.58. The van der Waals surface area contributed by atoms with Crippen LogP contribution >= 0.6 is 11.6 Å². The molecule has 0 atom stereocenters. The number of carbonyl (C=O) groups excluding carboxylic acids is 1. The van der Waals surface area contributed by atoms with Gasteiger partial charge in [0.15, 0.2) is 11.6 Å². The first-order valence-electron chi connectivity index (χ1n) is 6.87. The predicted octanol–water partition coefficient (Wildman–Crippen LogP) is 2.88. The van der Waals surface area contributed by atoms with Gasteiger partial charge in [0.2, 0.25) is 0 Å². The Bertz CT molecular complexity index is 744. The van der Waals surface area contributed by atoms with Crippen LogP contribution < -0.4 is 5.32 Å². The maximum Gasteiger partial charge on any atom is 0.196 e. The standard InChI is InChI=1S/C16H13ClFN3O/c17-13-2-1-11(7-14(13)18)15(22)12-8-20-16(21-9-12)10-3-5-19-6-4-10/h1-3,7-9,19H,4-6H2.